The highest BCUT2D eigenvalue weighted by Gasteiger charge is 2.18. The van der Waals surface area contributed by atoms with Crippen molar-refractivity contribution in [3.05, 3.63) is 38.5 Å². The Bertz CT molecular complexity index is 668. The molecule has 0 unspecified atom stereocenters. The van der Waals surface area contributed by atoms with E-state index in [9.17, 15) is 4.79 Å². The number of halogens is 3. The Kier molecular flexibility index (Phi) is 5.60. The predicted molar refractivity (Wildman–Crippen MR) is 89.0 cm³/mol. The van der Waals surface area contributed by atoms with Crippen molar-refractivity contribution in [2.45, 2.75) is 18.5 Å². The van der Waals surface area contributed by atoms with Gasteiger partial charge in [-0.15, -0.1) is 0 Å². The van der Waals surface area contributed by atoms with Gasteiger partial charge in [-0.2, -0.15) is 0 Å². The molecule has 0 saturated heterocycles. The second-order valence-electron chi connectivity index (χ2n) is 4.12. The molecule has 8 heteroatoms. The van der Waals surface area contributed by atoms with Crippen LogP contribution >= 0.6 is 50.9 Å². The first-order valence-corrected chi connectivity index (χ1v) is 8.53. The topological polar surface area (TPSA) is 55.1 Å². The Balaban J connectivity index is 2.56. The van der Waals surface area contributed by atoms with E-state index in [4.69, 9.17) is 28.3 Å². The zero-order valence-corrected chi connectivity index (χ0v) is 14.9. The molecule has 21 heavy (non-hydrogen) atoms. The predicted octanol–water partition coefficient (Wildman–Crippen LogP) is 4.68. The van der Waals surface area contributed by atoms with E-state index in [1.165, 1.54) is 0 Å². The highest BCUT2D eigenvalue weighted by Crippen LogP contribution is 2.36. The van der Waals surface area contributed by atoms with Crippen LogP contribution in [0.3, 0.4) is 0 Å². The molecule has 0 saturated carbocycles. The number of carbonyl (C=O) groups is 1. The molecule has 112 valence electrons. The van der Waals surface area contributed by atoms with E-state index < -0.39 is 5.97 Å². The third-order valence-electron chi connectivity index (χ3n) is 2.69. The van der Waals surface area contributed by atoms with Gasteiger partial charge in [0.2, 0.25) is 0 Å². The number of nitrogens with zero attached hydrogens (tertiary/aromatic N) is 2. The zero-order valence-electron chi connectivity index (χ0n) is 10.9. The van der Waals surface area contributed by atoms with Crippen LogP contribution in [0.5, 0.6) is 0 Å². The molecule has 0 bridgehead atoms. The number of hydrogen-bond acceptors (Lipinski definition) is 3. The van der Waals surface area contributed by atoms with Crippen LogP contribution in [0.25, 0.3) is 5.69 Å². The first-order chi connectivity index (χ1) is 9.93. The van der Waals surface area contributed by atoms with Crippen LogP contribution in [0, 0.1) is 0 Å². The number of aromatic nitrogens is 2. The van der Waals surface area contributed by atoms with Crippen LogP contribution in [-0.2, 0) is 11.2 Å². The Hall–Kier alpha value is -0.690. The maximum Gasteiger partial charge on any atom is 0.313 e. The van der Waals surface area contributed by atoms with E-state index in [1.54, 1.807) is 18.3 Å². The van der Waals surface area contributed by atoms with Crippen LogP contribution in [-0.4, -0.2) is 26.4 Å². The van der Waals surface area contributed by atoms with Crippen molar-refractivity contribution in [1.82, 2.24) is 9.55 Å². The summed E-state index contributed by atoms with van der Waals surface area (Å²) in [4.78, 5) is 15.0. The quantitative estimate of drug-likeness (QED) is 0.728. The van der Waals surface area contributed by atoms with Gasteiger partial charge in [-0.1, -0.05) is 57.8 Å². The van der Waals surface area contributed by atoms with Crippen molar-refractivity contribution in [3.63, 3.8) is 0 Å². The van der Waals surface area contributed by atoms with Gasteiger partial charge in [0.05, 0.1) is 21.5 Å². The number of aliphatic carboxylic acids is 1. The lowest BCUT2D eigenvalue weighted by molar-refractivity contribution is -0.133. The SMILES string of the molecule is CCc1cnc(SCC(=O)O)n1-c1c(Cl)cc(Br)cc1Cl. The lowest BCUT2D eigenvalue weighted by Gasteiger charge is -2.14. The minimum Gasteiger partial charge on any atom is -0.481 e. The number of carboxylic acids is 1. The molecule has 2 rings (SSSR count). The number of imidazole rings is 1. The van der Waals surface area contributed by atoms with E-state index in [0.29, 0.717) is 20.9 Å². The Morgan fingerprint density at radius 2 is 2.05 bits per heavy atom. The highest BCUT2D eigenvalue weighted by atomic mass is 79.9. The molecule has 0 amide bonds. The molecule has 4 nitrogen and oxygen atoms in total. The second kappa shape index (κ2) is 7.05. The molecule has 2 aromatic rings. The molecule has 0 aliphatic rings. The van der Waals surface area contributed by atoms with Crippen LogP contribution in [0.4, 0.5) is 0 Å². The van der Waals surface area contributed by atoms with Gasteiger partial charge in [0, 0.05) is 16.4 Å². The largest absolute Gasteiger partial charge is 0.481 e. The number of carboxylic acid groups (broad SMARTS) is 1. The Morgan fingerprint density at radius 3 is 2.57 bits per heavy atom. The molecule has 1 heterocycles. The summed E-state index contributed by atoms with van der Waals surface area (Å²) in [5, 5.41) is 10.3. The first-order valence-electron chi connectivity index (χ1n) is 6.00. The molecule has 1 aromatic heterocycles. The zero-order chi connectivity index (χ0) is 15.6. The number of aryl methyl sites for hydroxylation is 1. The molecule has 1 N–H and O–H groups in total. The summed E-state index contributed by atoms with van der Waals surface area (Å²) in [6.07, 6.45) is 2.43. The van der Waals surface area contributed by atoms with E-state index >= 15 is 0 Å². The summed E-state index contributed by atoms with van der Waals surface area (Å²) in [6.45, 7) is 1.99. The fraction of sp³-hybridized carbons (Fsp3) is 0.231. The third kappa shape index (κ3) is 3.74. The highest BCUT2D eigenvalue weighted by molar-refractivity contribution is 9.10. The molecule has 0 radical (unpaired) electrons. The fourth-order valence-electron chi connectivity index (χ4n) is 1.83. The first kappa shape index (κ1) is 16.7. The third-order valence-corrected chi connectivity index (χ3v) is 4.67. The van der Waals surface area contributed by atoms with Gasteiger partial charge in [-0.3, -0.25) is 9.36 Å². The van der Waals surface area contributed by atoms with Crippen molar-refractivity contribution in [2.75, 3.05) is 5.75 Å². The summed E-state index contributed by atoms with van der Waals surface area (Å²) in [7, 11) is 0. The normalized spacial score (nSPS) is 10.9. The van der Waals surface area contributed by atoms with Gasteiger partial charge in [-0.05, 0) is 18.6 Å². The van der Waals surface area contributed by atoms with Crippen LogP contribution in [0.1, 0.15) is 12.6 Å². The van der Waals surface area contributed by atoms with Gasteiger partial charge in [0.1, 0.15) is 0 Å². The number of rotatable bonds is 5. The Morgan fingerprint density at radius 1 is 1.43 bits per heavy atom. The fourth-order valence-corrected chi connectivity index (χ4v) is 3.93. The molecular weight excluding hydrogens is 399 g/mol. The van der Waals surface area contributed by atoms with Gasteiger partial charge in [0.25, 0.3) is 0 Å². The maximum absolute atomic E-state index is 10.8. The van der Waals surface area contributed by atoms with Gasteiger partial charge in [0.15, 0.2) is 5.16 Å². The smallest absolute Gasteiger partial charge is 0.313 e. The van der Waals surface area contributed by atoms with Crippen molar-refractivity contribution in [2.24, 2.45) is 0 Å². The number of hydrogen-bond donors (Lipinski definition) is 1. The summed E-state index contributed by atoms with van der Waals surface area (Å²) >= 11 is 17.1. The summed E-state index contributed by atoms with van der Waals surface area (Å²) in [5.74, 6) is -0.980. The summed E-state index contributed by atoms with van der Waals surface area (Å²) in [5.41, 5.74) is 1.53. The molecular formula is C13H11BrCl2N2O2S. The van der Waals surface area contributed by atoms with E-state index in [-0.39, 0.29) is 5.75 Å². The van der Waals surface area contributed by atoms with Crippen molar-refractivity contribution in [3.8, 4) is 5.69 Å². The van der Waals surface area contributed by atoms with Gasteiger partial charge in [-0.25, -0.2) is 4.98 Å². The molecule has 0 fully saturated rings. The minimum atomic E-state index is -0.902. The van der Waals surface area contributed by atoms with Crippen LogP contribution in [0.2, 0.25) is 10.0 Å². The van der Waals surface area contributed by atoms with Crippen LogP contribution < -0.4 is 0 Å². The van der Waals surface area contributed by atoms with Crippen molar-refractivity contribution < 1.29 is 9.90 Å². The van der Waals surface area contributed by atoms with Crippen molar-refractivity contribution >= 4 is 56.9 Å². The lowest BCUT2D eigenvalue weighted by atomic mass is 10.3. The standard InChI is InChI=1S/C13H11BrCl2N2O2S/c1-2-8-5-17-13(21-6-11(19)20)18(8)12-9(15)3-7(14)4-10(12)16/h3-5H,2,6H2,1H3,(H,19,20). The van der Waals surface area contributed by atoms with E-state index in [0.717, 1.165) is 28.3 Å². The number of thioether (sulfide) groups is 1. The molecule has 0 aliphatic heterocycles. The minimum absolute atomic E-state index is 0.0774. The van der Waals surface area contributed by atoms with E-state index in [1.807, 2.05) is 11.5 Å². The second-order valence-corrected chi connectivity index (χ2v) is 6.79. The summed E-state index contributed by atoms with van der Waals surface area (Å²) < 4.78 is 2.59. The molecule has 1 aromatic carbocycles. The van der Waals surface area contributed by atoms with Gasteiger partial charge < -0.3 is 5.11 Å². The molecule has 0 aliphatic carbocycles. The monoisotopic (exact) mass is 408 g/mol. The number of benzene rings is 1. The average molecular weight is 410 g/mol. The summed E-state index contributed by atoms with van der Waals surface area (Å²) in [6, 6.07) is 3.49. The van der Waals surface area contributed by atoms with Gasteiger partial charge >= 0.3 is 5.97 Å². The lowest BCUT2D eigenvalue weighted by Crippen LogP contribution is -2.05. The molecule has 0 atom stereocenters. The Labute approximate surface area is 144 Å². The van der Waals surface area contributed by atoms with Crippen molar-refractivity contribution in [1.29, 1.82) is 0 Å². The molecule has 0 spiro atoms. The maximum atomic E-state index is 10.8. The average Bonchev–Trinajstić information content (AvgIpc) is 2.78. The van der Waals surface area contributed by atoms with E-state index in [2.05, 4.69) is 20.9 Å². The van der Waals surface area contributed by atoms with Crippen LogP contribution in [0.15, 0.2) is 28.0 Å².